The van der Waals surface area contributed by atoms with Crippen molar-refractivity contribution in [2.24, 2.45) is 0 Å². The van der Waals surface area contributed by atoms with Crippen LogP contribution in [0.5, 0.6) is 5.75 Å². The summed E-state index contributed by atoms with van der Waals surface area (Å²) in [7, 11) is 8.66. The lowest BCUT2D eigenvalue weighted by Gasteiger charge is -2.30. The van der Waals surface area contributed by atoms with E-state index in [1.165, 1.54) is 23.4 Å². The molecule has 4 rings (SSSR count). The Kier molecular flexibility index (Phi) is 9.63. The van der Waals surface area contributed by atoms with Gasteiger partial charge in [0.25, 0.3) is 5.91 Å². The number of methoxy groups -OCH3 is 1. The number of aromatic nitrogens is 1. The number of rotatable bonds is 9. The number of nitrogens with zero attached hydrogens (tertiary/aromatic N) is 2. The summed E-state index contributed by atoms with van der Waals surface area (Å²) in [5, 5.41) is 12.7. The molecule has 3 N–H and O–H groups in total. The molecule has 2 aromatic rings. The van der Waals surface area contributed by atoms with Crippen LogP contribution >= 0.6 is 0 Å². The van der Waals surface area contributed by atoms with Crippen LogP contribution < -0.4 is 31.3 Å². The fourth-order valence-electron chi connectivity index (χ4n) is 5.49. The van der Waals surface area contributed by atoms with Crippen LogP contribution in [-0.4, -0.2) is 76.2 Å². The summed E-state index contributed by atoms with van der Waals surface area (Å²) in [5.74, 6) is 6.98. The molecule has 1 amide bonds. The number of benzene rings is 1. The zero-order valence-corrected chi connectivity index (χ0v) is 23.9. The van der Waals surface area contributed by atoms with Crippen molar-refractivity contribution in [3.8, 4) is 17.6 Å². The summed E-state index contributed by atoms with van der Waals surface area (Å²) >= 11 is 0. The number of fused-ring (bicyclic) bond motifs is 1. The minimum Gasteiger partial charge on any atom is -0.495 e. The first-order chi connectivity index (χ1) is 18.8. The third-order valence-corrected chi connectivity index (χ3v) is 7.58. The zero-order chi connectivity index (χ0) is 27.9. The molecule has 0 bridgehead atoms. The van der Waals surface area contributed by atoms with E-state index in [4.69, 9.17) is 4.74 Å². The van der Waals surface area contributed by atoms with E-state index in [1.54, 1.807) is 41.2 Å². The van der Waals surface area contributed by atoms with E-state index in [9.17, 15) is 9.18 Å². The molecule has 0 saturated heterocycles. The molecule has 2 aliphatic rings. The number of alkyl halides is 1. The van der Waals surface area contributed by atoms with Gasteiger partial charge in [0.2, 0.25) is 0 Å². The summed E-state index contributed by atoms with van der Waals surface area (Å²) in [6.07, 6.45) is 7.82. The van der Waals surface area contributed by atoms with Crippen LogP contribution in [0.1, 0.15) is 54.6 Å². The number of halogens is 1. The molecule has 9 heteroatoms. The van der Waals surface area contributed by atoms with E-state index in [0.29, 0.717) is 29.9 Å². The van der Waals surface area contributed by atoms with Gasteiger partial charge in [-0.05, 0) is 75.8 Å². The number of hydrogen-bond acceptors (Lipinski definition) is 5. The second-order valence-corrected chi connectivity index (χ2v) is 10.7. The quantitative estimate of drug-likeness (QED) is 0.336. The number of carbonyl (C=O) groups is 1. The van der Waals surface area contributed by atoms with Crippen molar-refractivity contribution in [3.05, 3.63) is 46.1 Å². The summed E-state index contributed by atoms with van der Waals surface area (Å²) in [6, 6.07) is 8.54. The third-order valence-electron chi connectivity index (χ3n) is 7.58. The van der Waals surface area contributed by atoms with Gasteiger partial charge < -0.3 is 30.2 Å². The standard InChI is InChI=1S/C30H41BFN5O2/c1-33-21-11-13-22(14-12-21)35-25-8-5-9-27-24(25)18-23(37(27)19-29(31)32)7-6-16-34-26-15-10-20(17-28(26)39-4)30(38)36(2)3/h9-10,15,17-18,21-22,29,33-35H,5,8,11-14,16,19,31H2,1-4H3. The molecule has 1 aromatic heterocycles. The molecule has 2 aliphatic carbocycles. The molecule has 39 heavy (non-hydrogen) atoms. The van der Waals surface area contributed by atoms with E-state index in [0.717, 1.165) is 47.6 Å². The Balaban J connectivity index is 1.54. The van der Waals surface area contributed by atoms with E-state index in [1.807, 2.05) is 17.7 Å². The van der Waals surface area contributed by atoms with Crippen molar-refractivity contribution >= 4 is 31.2 Å². The smallest absolute Gasteiger partial charge is 0.253 e. The molecule has 1 fully saturated rings. The molecular formula is C30H41BFN5O2. The Hall–Kier alpha value is -3.38. The van der Waals surface area contributed by atoms with Crippen molar-refractivity contribution in [1.29, 1.82) is 0 Å². The Morgan fingerprint density at radius 1 is 1.23 bits per heavy atom. The van der Waals surface area contributed by atoms with Gasteiger partial charge in [0.05, 0.1) is 31.1 Å². The summed E-state index contributed by atoms with van der Waals surface area (Å²) in [6.45, 7) is 0.657. The minimum atomic E-state index is -0.976. The average molecular weight is 534 g/mol. The van der Waals surface area contributed by atoms with Gasteiger partial charge in [-0.25, -0.2) is 0 Å². The molecule has 1 heterocycles. The molecule has 1 unspecified atom stereocenters. The van der Waals surface area contributed by atoms with Gasteiger partial charge in [-0.15, -0.1) is 0 Å². The van der Waals surface area contributed by atoms with Gasteiger partial charge in [0.15, 0.2) is 0 Å². The van der Waals surface area contributed by atoms with E-state index < -0.39 is 6.07 Å². The minimum absolute atomic E-state index is 0.0837. The third kappa shape index (κ3) is 6.99. The van der Waals surface area contributed by atoms with Gasteiger partial charge >= 0.3 is 0 Å². The Bertz CT molecular complexity index is 1350. The molecule has 1 saturated carbocycles. The Labute approximate surface area is 232 Å². The number of ether oxygens (including phenoxy) is 1. The van der Waals surface area contributed by atoms with Gasteiger partial charge in [-0.3, -0.25) is 9.18 Å². The fraction of sp³-hybridized carbons (Fsp3) is 0.500. The predicted octanol–water partition coefficient (Wildman–Crippen LogP) is 1.39. The first-order valence-electron chi connectivity index (χ1n) is 13.9. The maximum atomic E-state index is 14.2. The number of amides is 1. The summed E-state index contributed by atoms with van der Waals surface area (Å²) < 4.78 is 21.7. The Morgan fingerprint density at radius 2 is 1.97 bits per heavy atom. The summed E-state index contributed by atoms with van der Waals surface area (Å²) in [4.78, 5) is 13.8. The van der Waals surface area contributed by atoms with Crippen molar-refractivity contribution in [2.45, 2.75) is 63.2 Å². The fourth-order valence-corrected chi connectivity index (χ4v) is 5.49. The van der Waals surface area contributed by atoms with Crippen molar-refractivity contribution in [3.63, 3.8) is 0 Å². The van der Waals surface area contributed by atoms with Crippen LogP contribution in [-0.2, 0) is 6.54 Å². The molecule has 1 aromatic carbocycles. The van der Waals surface area contributed by atoms with Crippen LogP contribution in [0.2, 0.25) is 0 Å². The van der Waals surface area contributed by atoms with Gasteiger partial charge in [0.1, 0.15) is 13.6 Å². The molecule has 208 valence electrons. The molecule has 0 aliphatic heterocycles. The normalized spacial score (nSPS) is 19.2. The van der Waals surface area contributed by atoms with Crippen molar-refractivity contribution < 1.29 is 13.9 Å². The zero-order valence-electron chi connectivity index (χ0n) is 23.9. The van der Waals surface area contributed by atoms with E-state index >= 15 is 0 Å². The second kappa shape index (κ2) is 13.1. The molecular weight excluding hydrogens is 492 g/mol. The van der Waals surface area contributed by atoms with E-state index in [-0.39, 0.29) is 12.5 Å². The highest BCUT2D eigenvalue weighted by Crippen LogP contribution is 2.26. The highest BCUT2D eigenvalue weighted by atomic mass is 19.1. The summed E-state index contributed by atoms with van der Waals surface area (Å²) in [5.41, 5.74) is 3.39. The highest BCUT2D eigenvalue weighted by molar-refractivity contribution is 6.10. The monoisotopic (exact) mass is 533 g/mol. The van der Waals surface area contributed by atoms with Crippen LogP contribution in [0, 0.1) is 11.8 Å². The topological polar surface area (TPSA) is 70.6 Å². The predicted molar refractivity (Wildman–Crippen MR) is 159 cm³/mol. The largest absolute Gasteiger partial charge is 0.495 e. The van der Waals surface area contributed by atoms with Crippen LogP contribution in [0.15, 0.2) is 24.3 Å². The average Bonchev–Trinajstić information content (AvgIpc) is 3.28. The molecule has 0 spiro atoms. The van der Waals surface area contributed by atoms with Crippen LogP contribution in [0.25, 0.3) is 11.8 Å². The van der Waals surface area contributed by atoms with Crippen LogP contribution in [0.3, 0.4) is 0 Å². The lowest BCUT2D eigenvalue weighted by Crippen LogP contribution is -2.43. The number of carbonyl (C=O) groups excluding carboxylic acids is 1. The highest BCUT2D eigenvalue weighted by Gasteiger charge is 2.22. The maximum Gasteiger partial charge on any atom is 0.253 e. The number of hydrogen-bond donors (Lipinski definition) is 3. The second-order valence-electron chi connectivity index (χ2n) is 10.7. The Morgan fingerprint density at radius 3 is 2.64 bits per heavy atom. The first-order valence-corrected chi connectivity index (χ1v) is 13.9. The molecule has 0 radical (unpaired) electrons. The van der Waals surface area contributed by atoms with Crippen molar-refractivity contribution in [2.75, 3.05) is 40.1 Å². The number of anilines is 1. The SMILES string of the molecule is BC(F)Cn1c(C#CCNc2ccc(C(=O)N(C)C)cc2OC)cc2c1=CCCC=2NC1CCC(NC)CC1. The lowest BCUT2D eigenvalue weighted by atomic mass is 9.90. The van der Waals surface area contributed by atoms with E-state index in [2.05, 4.69) is 39.9 Å². The first kappa shape index (κ1) is 28.6. The van der Waals surface area contributed by atoms with Gasteiger partial charge in [0, 0.05) is 54.6 Å². The number of nitrogens with one attached hydrogen (secondary N) is 3. The van der Waals surface area contributed by atoms with Crippen LogP contribution in [0.4, 0.5) is 10.1 Å². The lowest BCUT2D eigenvalue weighted by molar-refractivity contribution is 0.0827. The van der Waals surface area contributed by atoms with Gasteiger partial charge in [-0.1, -0.05) is 12.0 Å². The maximum absolute atomic E-state index is 14.2. The van der Waals surface area contributed by atoms with Gasteiger partial charge in [-0.2, -0.15) is 0 Å². The molecule has 1 atom stereocenters. The molecule has 7 nitrogen and oxygen atoms in total. The van der Waals surface area contributed by atoms with Crippen molar-refractivity contribution in [1.82, 2.24) is 20.1 Å².